The molecule has 0 amide bonds. The normalized spacial score (nSPS) is 13.8. The molecule has 0 fully saturated rings. The van der Waals surface area contributed by atoms with Gasteiger partial charge in [0, 0.05) is 0 Å². The van der Waals surface area contributed by atoms with Crippen LogP contribution in [0.3, 0.4) is 0 Å². The van der Waals surface area contributed by atoms with Crippen LogP contribution in [0.15, 0.2) is 0 Å². The third-order valence-electron chi connectivity index (χ3n) is 0.859. The highest BCUT2D eigenvalue weighted by atomic mass is 35.5. The lowest BCUT2D eigenvalue weighted by Crippen LogP contribution is -1.86. The topological polar surface area (TPSA) is 0 Å². The number of halogens is 1. The molecular formula is C4H9BCl. The van der Waals surface area contributed by atoms with E-state index in [-0.39, 0.29) is 0 Å². The highest BCUT2D eigenvalue weighted by molar-refractivity contribution is 6.94. The van der Waals surface area contributed by atoms with Gasteiger partial charge in [0.25, 0.3) is 0 Å². The highest BCUT2D eigenvalue weighted by Crippen LogP contribution is 2.05. The number of rotatable bonds is 2. The molecule has 0 nitrogen and oxygen atoms in total. The van der Waals surface area contributed by atoms with E-state index in [1.165, 1.54) is 0 Å². The maximum absolute atomic E-state index is 5.33. The Labute approximate surface area is 45.0 Å². The Balaban J connectivity index is 2.75. The van der Waals surface area contributed by atoms with E-state index in [0.29, 0.717) is 5.82 Å². The van der Waals surface area contributed by atoms with Gasteiger partial charge in [0.2, 0.25) is 6.69 Å². The SMILES string of the molecule is CCC(C)[B]Cl. The largest absolute Gasteiger partial charge is 0.241 e. The maximum atomic E-state index is 5.33. The fourth-order valence-electron chi connectivity index (χ4n) is 0.0891. The van der Waals surface area contributed by atoms with Gasteiger partial charge in [0.05, 0.1) is 0 Å². The van der Waals surface area contributed by atoms with E-state index in [2.05, 4.69) is 13.8 Å². The van der Waals surface area contributed by atoms with Crippen LogP contribution in [0.4, 0.5) is 0 Å². The standard InChI is InChI=1S/C4H9BCl/c1-3-4(2)5-6/h4H,3H2,1-2H3. The van der Waals surface area contributed by atoms with Crippen LogP contribution >= 0.6 is 11.5 Å². The summed E-state index contributed by atoms with van der Waals surface area (Å²) in [6.45, 7) is 5.90. The van der Waals surface area contributed by atoms with Crippen LogP contribution in [-0.2, 0) is 0 Å². The molecule has 0 aliphatic rings. The van der Waals surface area contributed by atoms with Crippen molar-refractivity contribution in [3.8, 4) is 0 Å². The van der Waals surface area contributed by atoms with Crippen LogP contribution < -0.4 is 0 Å². The molecule has 1 radical (unpaired) electrons. The molecule has 6 heavy (non-hydrogen) atoms. The van der Waals surface area contributed by atoms with Gasteiger partial charge >= 0.3 is 0 Å². The fourth-order valence-corrected chi connectivity index (χ4v) is 0.267. The fraction of sp³-hybridized carbons (Fsp3) is 1.00. The Morgan fingerprint density at radius 3 is 2.33 bits per heavy atom. The third-order valence-corrected chi connectivity index (χ3v) is 1.29. The molecule has 0 rings (SSSR count). The molecule has 1 atom stereocenters. The quantitative estimate of drug-likeness (QED) is 0.469. The molecule has 0 aromatic heterocycles. The van der Waals surface area contributed by atoms with Crippen molar-refractivity contribution in [3.63, 3.8) is 0 Å². The molecule has 0 aliphatic carbocycles. The second-order valence-electron chi connectivity index (χ2n) is 1.51. The van der Waals surface area contributed by atoms with Gasteiger partial charge in [-0.25, -0.2) is 11.5 Å². The van der Waals surface area contributed by atoms with Crippen LogP contribution in [0, 0.1) is 0 Å². The first kappa shape index (κ1) is 6.35. The lowest BCUT2D eigenvalue weighted by atomic mass is 9.86. The Morgan fingerprint density at radius 1 is 1.83 bits per heavy atom. The first-order chi connectivity index (χ1) is 2.81. The third kappa shape index (κ3) is 2.58. The second kappa shape index (κ2) is 3.54. The van der Waals surface area contributed by atoms with Crippen molar-refractivity contribution in [1.29, 1.82) is 0 Å². The van der Waals surface area contributed by atoms with Crippen molar-refractivity contribution < 1.29 is 0 Å². The summed E-state index contributed by atoms with van der Waals surface area (Å²) < 4.78 is 0. The van der Waals surface area contributed by atoms with Crippen molar-refractivity contribution in [2.45, 2.75) is 26.1 Å². The van der Waals surface area contributed by atoms with Crippen LogP contribution in [0.5, 0.6) is 0 Å². The van der Waals surface area contributed by atoms with E-state index >= 15 is 0 Å². The van der Waals surface area contributed by atoms with Crippen molar-refractivity contribution in [3.05, 3.63) is 0 Å². The highest BCUT2D eigenvalue weighted by Gasteiger charge is 1.93. The average molecular weight is 103 g/mol. The average Bonchev–Trinajstić information content (AvgIpc) is 1.65. The summed E-state index contributed by atoms with van der Waals surface area (Å²) in [5.41, 5.74) is 0. The van der Waals surface area contributed by atoms with Crippen molar-refractivity contribution in [1.82, 2.24) is 0 Å². The summed E-state index contributed by atoms with van der Waals surface area (Å²) in [6.07, 6.45) is 1.14. The predicted octanol–water partition coefficient (Wildman–Crippen LogP) is 2.06. The summed E-state index contributed by atoms with van der Waals surface area (Å²) in [6, 6.07) is 0. The summed E-state index contributed by atoms with van der Waals surface area (Å²) in [5, 5.41) is 0. The van der Waals surface area contributed by atoms with Crippen molar-refractivity contribution in [2.24, 2.45) is 0 Å². The summed E-state index contributed by atoms with van der Waals surface area (Å²) >= 11 is 5.33. The number of hydrogen-bond donors (Lipinski definition) is 0. The Kier molecular flexibility index (Phi) is 3.75. The van der Waals surface area contributed by atoms with Gasteiger partial charge in [-0.2, -0.15) is 0 Å². The molecule has 35 valence electrons. The van der Waals surface area contributed by atoms with Gasteiger partial charge in [-0.15, -0.1) is 0 Å². The summed E-state index contributed by atoms with van der Waals surface area (Å²) in [4.78, 5) is 0. The van der Waals surface area contributed by atoms with Gasteiger partial charge < -0.3 is 0 Å². The van der Waals surface area contributed by atoms with E-state index in [4.69, 9.17) is 11.5 Å². The molecule has 0 bridgehead atoms. The predicted molar refractivity (Wildman–Crippen MR) is 31.3 cm³/mol. The van der Waals surface area contributed by atoms with E-state index in [1.807, 2.05) is 0 Å². The van der Waals surface area contributed by atoms with E-state index in [0.717, 1.165) is 6.42 Å². The minimum atomic E-state index is 0.576. The van der Waals surface area contributed by atoms with Crippen LogP contribution in [0.25, 0.3) is 0 Å². The van der Waals surface area contributed by atoms with E-state index in [1.54, 1.807) is 6.69 Å². The Morgan fingerprint density at radius 2 is 2.33 bits per heavy atom. The molecule has 0 N–H and O–H groups in total. The number of hydrogen-bond acceptors (Lipinski definition) is 0. The van der Waals surface area contributed by atoms with Gasteiger partial charge in [-0.3, -0.25) is 0 Å². The Hall–Kier alpha value is 0.355. The zero-order chi connectivity index (χ0) is 4.99. The molecule has 1 unspecified atom stereocenters. The van der Waals surface area contributed by atoms with Gasteiger partial charge in [0.15, 0.2) is 0 Å². The molecule has 2 heteroatoms. The van der Waals surface area contributed by atoms with Gasteiger partial charge in [-0.1, -0.05) is 26.1 Å². The molecule has 0 saturated heterocycles. The first-order valence-corrected chi connectivity index (χ1v) is 2.68. The summed E-state index contributed by atoms with van der Waals surface area (Å²) in [7, 11) is 0. The summed E-state index contributed by atoms with van der Waals surface area (Å²) in [5.74, 6) is 0.576. The molecular weight excluding hydrogens is 94.3 g/mol. The minimum Gasteiger partial charge on any atom is -0.204 e. The lowest BCUT2D eigenvalue weighted by Gasteiger charge is -1.94. The van der Waals surface area contributed by atoms with Gasteiger partial charge in [0.1, 0.15) is 0 Å². The zero-order valence-corrected chi connectivity index (χ0v) is 5.00. The van der Waals surface area contributed by atoms with Crippen LogP contribution in [0.2, 0.25) is 5.82 Å². The molecule has 0 spiro atoms. The smallest absolute Gasteiger partial charge is 0.204 e. The molecule has 0 saturated carbocycles. The molecule has 0 aromatic rings. The Bertz CT molecular complexity index is 26.7. The van der Waals surface area contributed by atoms with Crippen LogP contribution in [0.1, 0.15) is 20.3 Å². The van der Waals surface area contributed by atoms with E-state index in [9.17, 15) is 0 Å². The van der Waals surface area contributed by atoms with Crippen LogP contribution in [-0.4, -0.2) is 6.69 Å². The molecule has 0 heterocycles. The zero-order valence-electron chi connectivity index (χ0n) is 4.24. The van der Waals surface area contributed by atoms with Crippen molar-refractivity contribution >= 4 is 18.2 Å². The van der Waals surface area contributed by atoms with Crippen molar-refractivity contribution in [2.75, 3.05) is 0 Å². The van der Waals surface area contributed by atoms with E-state index < -0.39 is 0 Å². The van der Waals surface area contributed by atoms with Gasteiger partial charge in [-0.05, 0) is 0 Å². The molecule has 0 aromatic carbocycles. The minimum absolute atomic E-state index is 0.576. The lowest BCUT2D eigenvalue weighted by molar-refractivity contribution is 0.877. The maximum Gasteiger partial charge on any atom is 0.241 e. The second-order valence-corrected chi connectivity index (χ2v) is 1.76. The molecule has 0 aliphatic heterocycles. The first-order valence-electron chi connectivity index (χ1n) is 2.24. The monoisotopic (exact) mass is 103 g/mol.